The number of pyridine rings is 1. The third-order valence-corrected chi connectivity index (χ3v) is 7.27. The molecule has 0 aliphatic carbocycles. The predicted octanol–water partition coefficient (Wildman–Crippen LogP) is 9.57. The van der Waals surface area contributed by atoms with Crippen LogP contribution < -0.4 is 0 Å². The summed E-state index contributed by atoms with van der Waals surface area (Å²) in [6.45, 7) is 0. The number of rotatable bonds is 5. The monoisotopic (exact) mass is 584 g/mol. The topological polar surface area (TPSA) is 12.9 Å². The molecule has 1 heterocycles. The van der Waals surface area contributed by atoms with Gasteiger partial charge in [-0.05, 0) is 63.2 Å². The smallest absolute Gasteiger partial charge is 0.0693 e. The third-order valence-electron chi connectivity index (χ3n) is 7.27. The maximum Gasteiger partial charge on any atom is 0.0693 e. The molecule has 1 aromatic heterocycles. The molecule has 0 spiro atoms. The summed E-state index contributed by atoms with van der Waals surface area (Å²) in [7, 11) is 0. The van der Waals surface area contributed by atoms with E-state index < -0.39 is 0 Å². The van der Waals surface area contributed by atoms with Crippen molar-refractivity contribution in [1.29, 1.82) is 0 Å². The largest absolute Gasteiger partial charge is 0.248 e. The van der Waals surface area contributed by atoms with Crippen molar-refractivity contribution in [2.75, 3.05) is 0 Å². The van der Waals surface area contributed by atoms with Gasteiger partial charge in [-0.25, -0.2) is 4.98 Å². The average molecular weight is 585 g/mol. The fraction of sp³-hybridized carbons (Fsp3) is 0.0263. The second-order valence-corrected chi connectivity index (χ2v) is 9.86. The van der Waals surface area contributed by atoms with Gasteiger partial charge in [-0.3, -0.25) is 0 Å². The first-order valence-corrected chi connectivity index (χ1v) is 13.3. The van der Waals surface area contributed by atoms with Gasteiger partial charge in [-0.2, -0.15) is 35.9 Å². The van der Waals surface area contributed by atoms with Gasteiger partial charge < -0.3 is 0 Å². The second kappa shape index (κ2) is 11.7. The maximum atomic E-state index is 4.96. The zero-order chi connectivity index (χ0) is 26.0. The Balaban J connectivity index is 0.00000289. The van der Waals surface area contributed by atoms with Crippen LogP contribution >= 0.6 is 0 Å². The summed E-state index contributed by atoms with van der Waals surface area (Å²) >= 11 is 0. The fourth-order valence-electron chi connectivity index (χ4n) is 5.33. The summed E-state index contributed by atoms with van der Waals surface area (Å²) < 4.78 is 0. The molecule has 6 aromatic carbocycles. The molecule has 7 rings (SSSR count). The van der Waals surface area contributed by atoms with Crippen molar-refractivity contribution in [3.8, 4) is 11.1 Å². The van der Waals surface area contributed by atoms with E-state index in [0.717, 1.165) is 39.7 Å². The first kappa shape index (κ1) is 26.3. The van der Waals surface area contributed by atoms with E-state index in [9.17, 15) is 0 Å². The van der Waals surface area contributed by atoms with Gasteiger partial charge in [0.2, 0.25) is 0 Å². The van der Waals surface area contributed by atoms with Crippen LogP contribution in [0.15, 0.2) is 127 Å². The van der Waals surface area contributed by atoms with Gasteiger partial charge in [0.05, 0.1) is 11.2 Å². The van der Waals surface area contributed by atoms with E-state index in [1.54, 1.807) is 0 Å². The summed E-state index contributed by atoms with van der Waals surface area (Å²) in [4.78, 5) is 4.96. The fourth-order valence-corrected chi connectivity index (χ4v) is 5.33. The minimum Gasteiger partial charge on any atom is -0.248 e. The van der Waals surface area contributed by atoms with Gasteiger partial charge in [-0.15, -0.1) is 35.4 Å². The number of benzene rings is 6. The van der Waals surface area contributed by atoms with Gasteiger partial charge in [-0.1, -0.05) is 78.4 Å². The molecular formula is C38H25NY-2. The van der Waals surface area contributed by atoms with E-state index in [4.69, 9.17) is 4.98 Å². The van der Waals surface area contributed by atoms with Crippen LogP contribution in [0.25, 0.3) is 55.7 Å². The molecule has 0 saturated carbocycles. The Hall–Kier alpha value is -3.91. The van der Waals surface area contributed by atoms with Gasteiger partial charge in [0.15, 0.2) is 0 Å². The van der Waals surface area contributed by atoms with Crippen LogP contribution in [-0.2, 0) is 39.1 Å². The zero-order valence-electron chi connectivity index (χ0n) is 22.0. The van der Waals surface area contributed by atoms with Crippen LogP contribution in [-0.4, -0.2) is 4.98 Å². The summed E-state index contributed by atoms with van der Waals surface area (Å²) in [5.41, 5.74) is 7.73. The summed E-state index contributed by atoms with van der Waals surface area (Å²) in [6, 6.07) is 51.5. The molecule has 187 valence electrons. The van der Waals surface area contributed by atoms with E-state index in [1.807, 2.05) is 12.1 Å². The Kier molecular flexibility index (Phi) is 7.69. The standard InChI is InChI=1S/C38H25N.Y/c1-2-9-27(10-3-1)23-28-11-8-14-29(24-28)30-18-22-38-33(25-30)17-19-34(39-38)20-21-37-35-15-6-4-12-31(35)26-32-13-5-7-16-36(32)37;/h1-9,11-22,25-26H,23H2;/q-2;/b21-20+;. The normalized spacial score (nSPS) is 11.3. The predicted molar refractivity (Wildman–Crippen MR) is 164 cm³/mol. The average Bonchev–Trinajstić information content (AvgIpc) is 2.99. The molecule has 40 heavy (non-hydrogen) atoms. The van der Waals surface area contributed by atoms with Gasteiger partial charge >= 0.3 is 0 Å². The Morgan fingerprint density at radius 3 is 2.12 bits per heavy atom. The molecular weight excluding hydrogens is 559 g/mol. The van der Waals surface area contributed by atoms with Crippen molar-refractivity contribution in [3.05, 3.63) is 162 Å². The molecule has 2 heteroatoms. The van der Waals surface area contributed by atoms with Crippen molar-refractivity contribution in [2.24, 2.45) is 0 Å². The number of hydrogen-bond donors (Lipinski definition) is 0. The van der Waals surface area contributed by atoms with Crippen molar-refractivity contribution in [1.82, 2.24) is 4.98 Å². The van der Waals surface area contributed by atoms with E-state index in [-0.39, 0.29) is 32.7 Å². The molecule has 0 N–H and O–H groups in total. The van der Waals surface area contributed by atoms with Crippen molar-refractivity contribution >= 4 is 44.6 Å². The van der Waals surface area contributed by atoms with Crippen LogP contribution in [0.1, 0.15) is 22.4 Å². The molecule has 0 fully saturated rings. The number of nitrogens with zero attached hydrogens (tertiary/aromatic N) is 1. The molecule has 0 aliphatic rings. The van der Waals surface area contributed by atoms with Crippen LogP contribution in [0.2, 0.25) is 0 Å². The van der Waals surface area contributed by atoms with E-state index in [2.05, 4.69) is 140 Å². The van der Waals surface area contributed by atoms with E-state index in [0.29, 0.717) is 0 Å². The van der Waals surface area contributed by atoms with Gasteiger partial charge in [0, 0.05) is 32.7 Å². The first-order valence-electron chi connectivity index (χ1n) is 13.3. The first-order chi connectivity index (χ1) is 19.3. The van der Waals surface area contributed by atoms with Crippen LogP contribution in [0.4, 0.5) is 0 Å². The second-order valence-electron chi connectivity index (χ2n) is 9.86. The van der Waals surface area contributed by atoms with Crippen molar-refractivity contribution in [2.45, 2.75) is 6.42 Å². The Bertz CT molecular complexity index is 1940. The molecule has 0 saturated heterocycles. The molecule has 0 bridgehead atoms. The molecule has 0 atom stereocenters. The quantitative estimate of drug-likeness (QED) is 0.145. The molecule has 0 unspecified atom stereocenters. The van der Waals surface area contributed by atoms with E-state index in [1.165, 1.54) is 32.7 Å². The Morgan fingerprint density at radius 1 is 0.600 bits per heavy atom. The molecule has 1 radical (unpaired) electrons. The molecule has 7 aromatic rings. The molecule has 0 aliphatic heterocycles. The zero-order valence-corrected chi connectivity index (χ0v) is 24.8. The van der Waals surface area contributed by atoms with Crippen LogP contribution in [0.3, 0.4) is 0 Å². The van der Waals surface area contributed by atoms with Gasteiger partial charge in [0.1, 0.15) is 0 Å². The van der Waals surface area contributed by atoms with Gasteiger partial charge in [0.25, 0.3) is 0 Å². The third kappa shape index (κ3) is 5.41. The maximum absolute atomic E-state index is 4.96. The number of hydrogen-bond acceptors (Lipinski definition) is 1. The van der Waals surface area contributed by atoms with Crippen LogP contribution in [0.5, 0.6) is 0 Å². The summed E-state index contributed by atoms with van der Waals surface area (Å²) in [5.74, 6) is 0. The van der Waals surface area contributed by atoms with E-state index >= 15 is 0 Å². The van der Waals surface area contributed by atoms with Crippen molar-refractivity contribution < 1.29 is 32.7 Å². The Labute approximate surface area is 260 Å². The minimum atomic E-state index is 0. The summed E-state index contributed by atoms with van der Waals surface area (Å²) in [6.07, 6.45) is 5.16. The number of fused-ring (bicyclic) bond motifs is 3. The van der Waals surface area contributed by atoms with Crippen LogP contribution in [0, 0.1) is 12.1 Å². The SMILES string of the molecule is [Y].[c-]1ccccc1Cc1[c-]c(-c2ccc3nc(/C=C/c4c5ccccc5cc5ccccc45)ccc3c2)ccc1. The van der Waals surface area contributed by atoms with Crippen molar-refractivity contribution in [3.63, 3.8) is 0 Å². The molecule has 0 amide bonds. The Morgan fingerprint density at radius 2 is 1.35 bits per heavy atom. The minimum absolute atomic E-state index is 0. The number of aromatic nitrogens is 1. The summed E-state index contributed by atoms with van der Waals surface area (Å²) in [5, 5.41) is 6.12. The molecule has 1 nitrogen and oxygen atoms in total.